The Morgan fingerprint density at radius 3 is 2.59 bits per heavy atom. The molecule has 0 saturated heterocycles. The third kappa shape index (κ3) is 5.42. The van der Waals surface area contributed by atoms with Crippen LogP contribution in [0.3, 0.4) is 0 Å². The summed E-state index contributed by atoms with van der Waals surface area (Å²) >= 11 is 0. The van der Waals surface area contributed by atoms with Crippen molar-refractivity contribution in [2.75, 3.05) is 6.61 Å². The lowest BCUT2D eigenvalue weighted by molar-refractivity contribution is 0.358. The summed E-state index contributed by atoms with van der Waals surface area (Å²) in [5.74, 6) is 6.64. The molecule has 1 rings (SSSR count). The van der Waals surface area contributed by atoms with Crippen LogP contribution in [-0.4, -0.2) is 12.1 Å². The van der Waals surface area contributed by atoms with Gasteiger partial charge in [0.15, 0.2) is 0 Å². The first-order valence-electron chi connectivity index (χ1n) is 5.88. The lowest BCUT2D eigenvalue weighted by Gasteiger charge is -2.21. The first-order chi connectivity index (χ1) is 8.03. The SMILES string of the molecule is CC#CCOc1ccccc1CNC(C)(C)C. The van der Waals surface area contributed by atoms with Crippen molar-refractivity contribution >= 4 is 0 Å². The van der Waals surface area contributed by atoms with Gasteiger partial charge in [0, 0.05) is 17.6 Å². The largest absolute Gasteiger partial charge is 0.481 e. The minimum absolute atomic E-state index is 0.107. The summed E-state index contributed by atoms with van der Waals surface area (Å²) in [6.07, 6.45) is 0. The van der Waals surface area contributed by atoms with Crippen LogP contribution < -0.4 is 10.1 Å². The fraction of sp³-hybridized carbons (Fsp3) is 0.467. The molecule has 0 aliphatic heterocycles. The van der Waals surface area contributed by atoms with E-state index in [0.717, 1.165) is 12.3 Å². The van der Waals surface area contributed by atoms with E-state index >= 15 is 0 Å². The van der Waals surface area contributed by atoms with Crippen molar-refractivity contribution < 1.29 is 4.74 Å². The summed E-state index contributed by atoms with van der Waals surface area (Å²) in [6, 6.07) is 8.07. The van der Waals surface area contributed by atoms with Crippen molar-refractivity contribution in [2.24, 2.45) is 0 Å². The second-order valence-corrected chi connectivity index (χ2v) is 4.93. The highest BCUT2D eigenvalue weighted by Crippen LogP contribution is 2.18. The average molecular weight is 231 g/mol. The Kier molecular flexibility index (Phi) is 5.06. The lowest BCUT2D eigenvalue weighted by atomic mass is 10.1. The fourth-order valence-electron chi connectivity index (χ4n) is 1.34. The van der Waals surface area contributed by atoms with Crippen LogP contribution >= 0.6 is 0 Å². The molecule has 0 heterocycles. The Bertz CT molecular complexity index is 407. The molecule has 0 bridgehead atoms. The standard InChI is InChI=1S/C15H21NO/c1-5-6-11-17-14-10-8-7-9-13(14)12-16-15(2,3)4/h7-10,16H,11-12H2,1-4H3. The molecule has 0 fully saturated rings. The van der Waals surface area contributed by atoms with E-state index in [1.165, 1.54) is 5.56 Å². The highest BCUT2D eigenvalue weighted by Gasteiger charge is 2.10. The summed E-state index contributed by atoms with van der Waals surface area (Å²) in [5.41, 5.74) is 1.27. The molecule has 92 valence electrons. The van der Waals surface area contributed by atoms with Crippen LogP contribution in [0.15, 0.2) is 24.3 Å². The number of nitrogens with one attached hydrogen (secondary N) is 1. The van der Waals surface area contributed by atoms with Gasteiger partial charge in [0.2, 0.25) is 0 Å². The van der Waals surface area contributed by atoms with Crippen molar-refractivity contribution in [3.05, 3.63) is 29.8 Å². The fourth-order valence-corrected chi connectivity index (χ4v) is 1.34. The molecule has 0 amide bonds. The van der Waals surface area contributed by atoms with Crippen molar-refractivity contribution in [2.45, 2.75) is 39.8 Å². The number of rotatable bonds is 4. The number of para-hydroxylation sites is 1. The Morgan fingerprint density at radius 2 is 1.94 bits per heavy atom. The van der Waals surface area contributed by atoms with E-state index in [4.69, 9.17) is 4.74 Å². The van der Waals surface area contributed by atoms with Gasteiger partial charge in [0.05, 0.1) is 0 Å². The molecule has 0 atom stereocenters. The molecule has 1 aromatic rings. The summed E-state index contributed by atoms with van der Waals surface area (Å²) in [4.78, 5) is 0. The van der Waals surface area contributed by atoms with E-state index in [2.05, 4.69) is 44.0 Å². The first-order valence-corrected chi connectivity index (χ1v) is 5.88. The number of benzene rings is 1. The van der Waals surface area contributed by atoms with E-state index < -0.39 is 0 Å². The first kappa shape index (κ1) is 13.6. The number of hydrogen-bond donors (Lipinski definition) is 1. The molecule has 1 N–H and O–H groups in total. The third-order valence-corrected chi connectivity index (χ3v) is 2.26. The summed E-state index contributed by atoms with van der Waals surface area (Å²) in [5, 5.41) is 3.45. The van der Waals surface area contributed by atoms with Gasteiger partial charge >= 0.3 is 0 Å². The van der Waals surface area contributed by atoms with Gasteiger partial charge in [-0.15, -0.1) is 5.92 Å². The van der Waals surface area contributed by atoms with Crippen LogP contribution in [0.4, 0.5) is 0 Å². The van der Waals surface area contributed by atoms with Crippen LogP contribution in [0.1, 0.15) is 33.3 Å². The van der Waals surface area contributed by atoms with E-state index in [1.54, 1.807) is 0 Å². The monoisotopic (exact) mass is 231 g/mol. The quantitative estimate of drug-likeness (QED) is 0.804. The highest BCUT2D eigenvalue weighted by molar-refractivity contribution is 5.33. The second kappa shape index (κ2) is 6.32. The van der Waals surface area contributed by atoms with Gasteiger partial charge in [0.25, 0.3) is 0 Å². The molecule has 1 aromatic carbocycles. The maximum absolute atomic E-state index is 5.63. The van der Waals surface area contributed by atoms with Gasteiger partial charge in [0.1, 0.15) is 12.4 Å². The summed E-state index contributed by atoms with van der Waals surface area (Å²) in [7, 11) is 0. The molecule has 0 spiro atoms. The van der Waals surface area contributed by atoms with Crippen LogP contribution in [0.2, 0.25) is 0 Å². The molecular formula is C15H21NO. The highest BCUT2D eigenvalue weighted by atomic mass is 16.5. The van der Waals surface area contributed by atoms with Gasteiger partial charge in [-0.2, -0.15) is 0 Å². The molecule has 0 saturated carbocycles. The normalized spacial score (nSPS) is 10.6. The van der Waals surface area contributed by atoms with Gasteiger partial charge in [-0.25, -0.2) is 0 Å². The molecule has 0 aliphatic carbocycles. The lowest BCUT2D eigenvalue weighted by Crippen LogP contribution is -2.35. The van der Waals surface area contributed by atoms with Crippen molar-refractivity contribution in [3.8, 4) is 17.6 Å². The zero-order valence-corrected chi connectivity index (χ0v) is 11.1. The minimum Gasteiger partial charge on any atom is -0.481 e. The van der Waals surface area contributed by atoms with Gasteiger partial charge in [-0.1, -0.05) is 24.1 Å². The molecule has 2 nitrogen and oxygen atoms in total. The summed E-state index contributed by atoms with van der Waals surface area (Å²) in [6.45, 7) is 9.52. The van der Waals surface area contributed by atoms with E-state index in [1.807, 2.05) is 25.1 Å². The molecule has 0 unspecified atom stereocenters. The molecule has 0 aromatic heterocycles. The molecular weight excluding hydrogens is 210 g/mol. The van der Waals surface area contributed by atoms with E-state index in [9.17, 15) is 0 Å². The maximum Gasteiger partial charge on any atom is 0.149 e. The van der Waals surface area contributed by atoms with Crippen LogP contribution in [0, 0.1) is 11.8 Å². The van der Waals surface area contributed by atoms with Crippen LogP contribution in [0.5, 0.6) is 5.75 Å². The zero-order valence-electron chi connectivity index (χ0n) is 11.1. The van der Waals surface area contributed by atoms with Crippen LogP contribution in [-0.2, 0) is 6.54 Å². The Morgan fingerprint density at radius 1 is 1.24 bits per heavy atom. The molecule has 17 heavy (non-hydrogen) atoms. The van der Waals surface area contributed by atoms with Crippen LogP contribution in [0.25, 0.3) is 0 Å². The van der Waals surface area contributed by atoms with Crippen molar-refractivity contribution in [1.82, 2.24) is 5.32 Å². The topological polar surface area (TPSA) is 21.3 Å². The van der Waals surface area contributed by atoms with Gasteiger partial charge < -0.3 is 10.1 Å². The minimum atomic E-state index is 0.107. The molecule has 0 aliphatic rings. The number of ether oxygens (including phenoxy) is 1. The van der Waals surface area contributed by atoms with E-state index in [-0.39, 0.29) is 5.54 Å². The van der Waals surface area contributed by atoms with Crippen molar-refractivity contribution in [1.29, 1.82) is 0 Å². The molecule has 0 radical (unpaired) electrons. The maximum atomic E-state index is 5.63. The predicted molar refractivity (Wildman–Crippen MR) is 72.0 cm³/mol. The Balaban J connectivity index is 2.66. The van der Waals surface area contributed by atoms with Crippen molar-refractivity contribution in [3.63, 3.8) is 0 Å². The predicted octanol–water partition coefficient (Wildman–Crippen LogP) is 2.98. The second-order valence-electron chi connectivity index (χ2n) is 4.93. The summed E-state index contributed by atoms with van der Waals surface area (Å²) < 4.78 is 5.63. The average Bonchev–Trinajstić information content (AvgIpc) is 2.27. The van der Waals surface area contributed by atoms with E-state index in [0.29, 0.717) is 6.61 Å². The molecule has 2 heteroatoms. The van der Waals surface area contributed by atoms with Gasteiger partial charge in [-0.05, 0) is 33.8 Å². The Hall–Kier alpha value is -1.46. The zero-order chi connectivity index (χ0) is 12.7. The number of hydrogen-bond acceptors (Lipinski definition) is 2. The van der Waals surface area contributed by atoms with Gasteiger partial charge in [-0.3, -0.25) is 0 Å². The third-order valence-electron chi connectivity index (χ3n) is 2.26. The Labute approximate surface area is 104 Å². The smallest absolute Gasteiger partial charge is 0.149 e.